The number of sulfonamides is 1. The number of benzene rings is 2. The quantitative estimate of drug-likeness (QED) is 0.589. The van der Waals surface area contributed by atoms with Crippen LogP contribution in [0.5, 0.6) is 5.75 Å². The topological polar surface area (TPSA) is 102 Å². The van der Waals surface area contributed by atoms with Gasteiger partial charge in [0.05, 0.1) is 24.6 Å². The van der Waals surface area contributed by atoms with Crippen molar-refractivity contribution in [1.82, 2.24) is 4.98 Å². The van der Waals surface area contributed by atoms with E-state index in [2.05, 4.69) is 4.98 Å². The molecule has 0 bridgehead atoms. The fourth-order valence-electron chi connectivity index (χ4n) is 3.42. The van der Waals surface area contributed by atoms with Gasteiger partial charge < -0.3 is 14.3 Å². The molecule has 1 aromatic heterocycles. The van der Waals surface area contributed by atoms with Crippen molar-refractivity contribution in [3.63, 3.8) is 0 Å². The number of hydrogen-bond acceptors (Lipinski definition) is 6. The maximum Gasteiger partial charge on any atom is 0.361 e. The van der Waals surface area contributed by atoms with Crippen LogP contribution in [0.4, 0.5) is 14.5 Å². The third-order valence-electron chi connectivity index (χ3n) is 5.11. The van der Waals surface area contributed by atoms with Crippen LogP contribution in [0.15, 0.2) is 59.3 Å². The Labute approximate surface area is 177 Å². The Morgan fingerprint density at radius 1 is 1.26 bits per heavy atom. The lowest BCUT2D eigenvalue weighted by Gasteiger charge is -2.30. The summed E-state index contributed by atoms with van der Waals surface area (Å²) in [6, 6.07) is 11.2. The highest BCUT2D eigenvalue weighted by atomic mass is 32.2. The van der Waals surface area contributed by atoms with Crippen molar-refractivity contribution in [2.24, 2.45) is 5.92 Å². The molecule has 0 radical (unpaired) electrons. The number of fused-ring (bicyclic) bond motifs is 1. The number of aromatic nitrogens is 1. The summed E-state index contributed by atoms with van der Waals surface area (Å²) in [4.78, 5) is 4.07. The lowest BCUT2D eigenvalue weighted by Crippen LogP contribution is -2.31. The Hall–Kier alpha value is -2.98. The van der Waals surface area contributed by atoms with Crippen molar-refractivity contribution in [3.8, 4) is 16.9 Å². The predicted molar refractivity (Wildman–Crippen MR) is 109 cm³/mol. The van der Waals surface area contributed by atoms with Crippen LogP contribution in [-0.4, -0.2) is 30.4 Å². The molecule has 164 valence electrons. The number of nitrogens with zero attached hydrogens (tertiary/aromatic N) is 1. The van der Waals surface area contributed by atoms with Crippen LogP contribution < -0.4 is 9.46 Å². The first-order valence-electron chi connectivity index (χ1n) is 9.48. The minimum absolute atomic E-state index is 0.0158. The molecule has 0 spiro atoms. The summed E-state index contributed by atoms with van der Waals surface area (Å²) in [5, 5.41) is 6.81. The SMILES string of the molecule is CC(F)(F)S(=O)(=O)Nc1ccccc1-c1ccc2c(c1)OCC(Cc1ncco1)[C@@H]2O. The van der Waals surface area contributed by atoms with E-state index in [1.54, 1.807) is 36.4 Å². The molecule has 2 heterocycles. The second-order valence-electron chi connectivity index (χ2n) is 7.36. The van der Waals surface area contributed by atoms with Gasteiger partial charge in [0.15, 0.2) is 5.89 Å². The predicted octanol–water partition coefficient (Wildman–Crippen LogP) is 3.98. The van der Waals surface area contributed by atoms with Gasteiger partial charge in [0.2, 0.25) is 0 Å². The van der Waals surface area contributed by atoms with Gasteiger partial charge in [0, 0.05) is 30.4 Å². The zero-order valence-electron chi connectivity index (χ0n) is 16.5. The van der Waals surface area contributed by atoms with E-state index in [-0.39, 0.29) is 18.2 Å². The van der Waals surface area contributed by atoms with Crippen molar-refractivity contribution in [1.29, 1.82) is 0 Å². The molecule has 4 rings (SSSR count). The van der Waals surface area contributed by atoms with E-state index >= 15 is 0 Å². The monoisotopic (exact) mass is 450 g/mol. The van der Waals surface area contributed by atoms with Gasteiger partial charge in [0.1, 0.15) is 12.0 Å². The van der Waals surface area contributed by atoms with E-state index in [0.717, 1.165) is 0 Å². The van der Waals surface area contributed by atoms with E-state index in [4.69, 9.17) is 9.15 Å². The van der Waals surface area contributed by atoms with Crippen molar-refractivity contribution < 1.29 is 31.5 Å². The maximum absolute atomic E-state index is 13.5. The van der Waals surface area contributed by atoms with Crippen LogP contribution in [-0.2, 0) is 16.4 Å². The molecule has 0 saturated carbocycles. The molecule has 1 aliphatic rings. The summed E-state index contributed by atoms with van der Waals surface area (Å²) in [5.74, 6) is 0.691. The number of alkyl halides is 2. The normalized spacial score (nSPS) is 18.8. The van der Waals surface area contributed by atoms with Crippen LogP contribution in [0.3, 0.4) is 0 Å². The van der Waals surface area contributed by atoms with Gasteiger partial charge in [-0.1, -0.05) is 30.3 Å². The Balaban J connectivity index is 1.62. The first kappa shape index (κ1) is 21.3. The largest absolute Gasteiger partial charge is 0.493 e. The van der Waals surface area contributed by atoms with Gasteiger partial charge >= 0.3 is 5.25 Å². The molecule has 2 atom stereocenters. The smallest absolute Gasteiger partial charge is 0.361 e. The zero-order valence-corrected chi connectivity index (χ0v) is 17.3. The molecule has 3 aromatic rings. The molecule has 1 unspecified atom stereocenters. The van der Waals surface area contributed by atoms with E-state index in [9.17, 15) is 22.3 Å². The lowest BCUT2D eigenvalue weighted by atomic mass is 9.89. The van der Waals surface area contributed by atoms with Crippen LogP contribution in [0.25, 0.3) is 11.1 Å². The molecule has 7 nitrogen and oxygen atoms in total. The van der Waals surface area contributed by atoms with Crippen molar-refractivity contribution in [2.75, 3.05) is 11.3 Å². The second kappa shape index (κ2) is 7.93. The van der Waals surface area contributed by atoms with E-state index in [0.29, 0.717) is 41.7 Å². The number of anilines is 1. The van der Waals surface area contributed by atoms with Crippen LogP contribution >= 0.6 is 0 Å². The molecule has 2 aromatic carbocycles. The first-order chi connectivity index (χ1) is 14.7. The fourth-order valence-corrected chi connectivity index (χ4v) is 4.07. The number of nitrogens with one attached hydrogen (secondary N) is 1. The third kappa shape index (κ3) is 4.26. The molecule has 31 heavy (non-hydrogen) atoms. The number of hydrogen-bond donors (Lipinski definition) is 2. The standard InChI is InChI=1S/C21H20F2N2O5S/c1-21(22,23)31(27,28)25-17-5-3-2-4-15(17)13-6-7-16-18(10-13)30-12-14(20(16)26)11-19-24-8-9-29-19/h2-10,14,20,25-26H,11-12H2,1H3/t14?,20-/m0/s1. The number of oxazole rings is 1. The number of aliphatic hydroxyl groups excluding tert-OH is 1. The average molecular weight is 450 g/mol. The van der Waals surface area contributed by atoms with Gasteiger partial charge in [-0.15, -0.1) is 0 Å². The van der Waals surface area contributed by atoms with Crippen LogP contribution in [0, 0.1) is 5.92 Å². The maximum atomic E-state index is 13.5. The highest BCUT2D eigenvalue weighted by Gasteiger charge is 2.40. The third-order valence-corrected chi connectivity index (χ3v) is 6.54. The summed E-state index contributed by atoms with van der Waals surface area (Å²) in [6.07, 6.45) is 2.60. The molecule has 2 N–H and O–H groups in total. The Morgan fingerprint density at radius 2 is 2.03 bits per heavy atom. The Kier molecular flexibility index (Phi) is 5.44. The van der Waals surface area contributed by atoms with Crippen molar-refractivity contribution >= 4 is 15.7 Å². The highest BCUT2D eigenvalue weighted by Crippen LogP contribution is 2.40. The van der Waals surface area contributed by atoms with E-state index in [1.807, 2.05) is 4.72 Å². The van der Waals surface area contributed by atoms with Crippen LogP contribution in [0.1, 0.15) is 24.5 Å². The number of ether oxygens (including phenoxy) is 1. The Morgan fingerprint density at radius 3 is 2.74 bits per heavy atom. The number of aliphatic hydroxyl groups is 1. The van der Waals surface area contributed by atoms with Gasteiger partial charge in [-0.3, -0.25) is 4.72 Å². The number of rotatable bonds is 6. The van der Waals surface area contributed by atoms with Crippen LogP contribution in [0.2, 0.25) is 0 Å². The zero-order chi connectivity index (χ0) is 22.2. The van der Waals surface area contributed by atoms with Gasteiger partial charge in [-0.25, -0.2) is 13.4 Å². The first-order valence-corrected chi connectivity index (χ1v) is 11.0. The van der Waals surface area contributed by atoms with Gasteiger partial charge in [0.25, 0.3) is 10.0 Å². The molecule has 10 heteroatoms. The van der Waals surface area contributed by atoms with E-state index < -0.39 is 21.4 Å². The molecule has 0 saturated heterocycles. The molecular formula is C21H20F2N2O5S. The van der Waals surface area contributed by atoms with Crippen molar-refractivity contribution in [2.45, 2.75) is 24.7 Å². The molecule has 1 aliphatic heterocycles. The van der Waals surface area contributed by atoms with Gasteiger partial charge in [-0.05, 0) is 17.7 Å². The molecular weight excluding hydrogens is 430 g/mol. The average Bonchev–Trinajstić information content (AvgIpc) is 3.22. The van der Waals surface area contributed by atoms with Crippen molar-refractivity contribution in [3.05, 3.63) is 66.4 Å². The summed E-state index contributed by atoms with van der Waals surface area (Å²) in [5.41, 5.74) is 1.54. The number of halogens is 2. The Bertz CT molecular complexity index is 1180. The highest BCUT2D eigenvalue weighted by molar-refractivity contribution is 7.93. The molecule has 0 amide bonds. The summed E-state index contributed by atoms with van der Waals surface area (Å²) >= 11 is 0. The molecule has 0 aliphatic carbocycles. The minimum atomic E-state index is -4.91. The molecule has 0 fully saturated rings. The summed E-state index contributed by atoms with van der Waals surface area (Å²) < 4.78 is 63.8. The number of para-hydroxylation sites is 1. The fraction of sp³-hybridized carbons (Fsp3) is 0.286. The summed E-state index contributed by atoms with van der Waals surface area (Å²) in [6.45, 7) is 0.553. The summed E-state index contributed by atoms with van der Waals surface area (Å²) in [7, 11) is -4.91. The van der Waals surface area contributed by atoms with E-state index in [1.165, 1.54) is 18.5 Å². The minimum Gasteiger partial charge on any atom is -0.493 e. The lowest BCUT2D eigenvalue weighted by molar-refractivity contribution is 0.0475. The second-order valence-corrected chi connectivity index (χ2v) is 9.29. The van der Waals surface area contributed by atoms with Gasteiger partial charge in [-0.2, -0.15) is 8.78 Å².